The fourth-order valence-electron chi connectivity index (χ4n) is 7.81. The first-order chi connectivity index (χ1) is 25.0. The van der Waals surface area contributed by atoms with E-state index in [1.807, 2.05) is 29.7 Å². The Morgan fingerprint density at radius 3 is 2.06 bits per heavy atom. The van der Waals surface area contributed by atoms with Gasteiger partial charge in [0, 0.05) is 49.1 Å². The summed E-state index contributed by atoms with van der Waals surface area (Å²) < 4.78 is 9.44. The molecule has 5 aromatic carbocycles. The lowest BCUT2D eigenvalue weighted by molar-refractivity contribution is 0.411. The average Bonchev–Trinajstić information content (AvgIpc) is 3.68. The van der Waals surface area contributed by atoms with Crippen LogP contribution in [0.25, 0.3) is 86.7 Å². The minimum absolute atomic E-state index is 0.176. The predicted octanol–water partition coefficient (Wildman–Crippen LogP) is 14.1. The predicted molar refractivity (Wildman–Crippen MR) is 222 cm³/mol. The molecule has 0 atom stereocenters. The van der Waals surface area contributed by atoms with E-state index in [0.29, 0.717) is 0 Å². The van der Waals surface area contributed by atoms with Gasteiger partial charge in [-0.05, 0) is 88.0 Å². The van der Waals surface area contributed by atoms with E-state index >= 15 is 0 Å². The molecule has 0 bridgehead atoms. The third-order valence-corrected chi connectivity index (χ3v) is 11.1. The van der Waals surface area contributed by atoms with Gasteiger partial charge in [0.25, 0.3) is 0 Å². The quantitative estimate of drug-likeness (QED) is 0.180. The Balaban J connectivity index is 1.34. The molecular formula is C48H42N2OS. The molecule has 0 aliphatic carbocycles. The summed E-state index contributed by atoms with van der Waals surface area (Å²) in [5.74, 6) is 0. The molecule has 0 saturated carbocycles. The lowest BCUT2D eigenvalue weighted by Gasteiger charge is -2.17. The third kappa shape index (κ3) is 5.95. The molecule has 256 valence electrons. The van der Waals surface area contributed by atoms with Crippen molar-refractivity contribution in [1.29, 1.82) is 0 Å². The Morgan fingerprint density at radius 1 is 0.596 bits per heavy atom. The first kappa shape index (κ1) is 32.6. The van der Waals surface area contributed by atoms with Crippen LogP contribution in [-0.4, -0.2) is 9.97 Å². The second-order valence-electron chi connectivity index (χ2n) is 16.7. The smallest absolute Gasteiger partial charge is 0.145 e. The summed E-state index contributed by atoms with van der Waals surface area (Å²) in [6, 6.07) is 41.7. The molecule has 0 fully saturated rings. The topological polar surface area (TPSA) is 38.9 Å². The van der Waals surface area contributed by atoms with Crippen molar-refractivity contribution in [2.45, 2.75) is 54.4 Å². The number of aromatic nitrogens is 2. The monoisotopic (exact) mass is 694 g/mol. The van der Waals surface area contributed by atoms with Gasteiger partial charge in [0.05, 0.1) is 21.8 Å². The number of thiophene rings is 1. The number of furan rings is 1. The zero-order valence-corrected chi connectivity index (χ0v) is 31.5. The Hall–Kier alpha value is -5.32. The second-order valence-corrected chi connectivity index (χ2v) is 17.8. The summed E-state index contributed by atoms with van der Waals surface area (Å²) in [7, 11) is 0. The third-order valence-electron chi connectivity index (χ3n) is 9.89. The van der Waals surface area contributed by atoms with Crippen molar-refractivity contribution < 1.29 is 4.42 Å². The Labute approximate surface area is 309 Å². The minimum Gasteiger partial charge on any atom is -0.455 e. The highest BCUT2D eigenvalue weighted by atomic mass is 32.1. The molecule has 0 unspecified atom stereocenters. The summed E-state index contributed by atoms with van der Waals surface area (Å²) in [5.41, 5.74) is 10.8. The summed E-state index contributed by atoms with van der Waals surface area (Å²) in [6.07, 6.45) is 3.85. The lowest BCUT2D eigenvalue weighted by Crippen LogP contribution is -2.08. The van der Waals surface area contributed by atoms with Crippen molar-refractivity contribution in [1.82, 2.24) is 9.97 Å². The van der Waals surface area contributed by atoms with E-state index in [2.05, 4.69) is 150 Å². The van der Waals surface area contributed by atoms with E-state index in [1.165, 1.54) is 42.1 Å². The maximum Gasteiger partial charge on any atom is 0.145 e. The van der Waals surface area contributed by atoms with E-state index in [0.717, 1.165) is 68.6 Å². The summed E-state index contributed by atoms with van der Waals surface area (Å²) in [4.78, 5) is 10.2. The molecule has 4 heterocycles. The van der Waals surface area contributed by atoms with Crippen molar-refractivity contribution in [2.24, 2.45) is 10.8 Å². The van der Waals surface area contributed by atoms with E-state index in [4.69, 9.17) is 9.40 Å². The van der Waals surface area contributed by atoms with Gasteiger partial charge in [-0.25, -0.2) is 4.98 Å². The molecule has 4 aromatic heterocycles. The SMILES string of the molecule is CC(C)(C)Cc1ccc2c(c1)oc1c(-c3nc(-c4cccc(-c5ccccn5)c4)cc4c3sc3cc(CC(C)(C)C)ccc34)cc3ccccc3c12. The number of nitrogens with zero attached hydrogens (tertiary/aromatic N) is 2. The molecular weight excluding hydrogens is 653 g/mol. The number of rotatable bonds is 5. The van der Waals surface area contributed by atoms with Crippen LogP contribution in [-0.2, 0) is 12.8 Å². The van der Waals surface area contributed by atoms with Gasteiger partial charge in [-0.2, -0.15) is 0 Å². The highest BCUT2D eigenvalue weighted by Gasteiger charge is 2.23. The van der Waals surface area contributed by atoms with E-state index < -0.39 is 0 Å². The molecule has 0 saturated heterocycles. The van der Waals surface area contributed by atoms with Crippen molar-refractivity contribution >= 4 is 64.2 Å². The fraction of sp³-hybridized carbons (Fsp3) is 0.208. The maximum atomic E-state index is 6.98. The van der Waals surface area contributed by atoms with Crippen LogP contribution in [0.3, 0.4) is 0 Å². The van der Waals surface area contributed by atoms with Gasteiger partial charge >= 0.3 is 0 Å². The molecule has 4 heteroatoms. The minimum atomic E-state index is 0.176. The number of benzene rings is 5. The van der Waals surface area contributed by atoms with Crippen LogP contribution in [0.5, 0.6) is 0 Å². The van der Waals surface area contributed by atoms with Gasteiger partial charge in [0.2, 0.25) is 0 Å². The van der Waals surface area contributed by atoms with E-state index in [-0.39, 0.29) is 10.8 Å². The summed E-state index contributed by atoms with van der Waals surface area (Å²) in [5, 5.41) is 7.15. The fourth-order valence-corrected chi connectivity index (χ4v) is 9.06. The maximum absolute atomic E-state index is 6.98. The van der Waals surface area contributed by atoms with E-state index in [9.17, 15) is 0 Å². The number of pyridine rings is 2. The van der Waals surface area contributed by atoms with Crippen LogP contribution < -0.4 is 0 Å². The molecule has 3 nitrogen and oxygen atoms in total. The van der Waals surface area contributed by atoms with Gasteiger partial charge in [0.15, 0.2) is 0 Å². The standard InChI is InChI=1S/C48H42N2OS/c1-47(2,3)27-29-18-20-36-41(22-29)51-45-38(25-31-12-7-8-15-34(31)43(36)45)44-46-37(35-19-17-30(23-42(35)52-46)28-48(4,5)6)26-40(50-44)33-14-11-13-32(24-33)39-16-9-10-21-49-39/h7-26H,27-28H2,1-6H3. The zero-order valence-electron chi connectivity index (χ0n) is 30.7. The van der Waals surface area contributed by atoms with Gasteiger partial charge in [-0.15, -0.1) is 11.3 Å². The van der Waals surface area contributed by atoms with Crippen LogP contribution in [0.4, 0.5) is 0 Å². The number of hydrogen-bond donors (Lipinski definition) is 0. The zero-order chi connectivity index (χ0) is 35.8. The Morgan fingerprint density at radius 2 is 1.31 bits per heavy atom. The van der Waals surface area contributed by atoms with Gasteiger partial charge in [0.1, 0.15) is 11.2 Å². The molecule has 0 aliphatic heterocycles. The molecule has 52 heavy (non-hydrogen) atoms. The normalized spacial score (nSPS) is 12.6. The van der Waals surface area contributed by atoms with Crippen molar-refractivity contribution in [3.05, 3.63) is 133 Å². The molecule has 0 N–H and O–H groups in total. The molecule has 9 aromatic rings. The number of hydrogen-bond acceptors (Lipinski definition) is 4. The highest BCUT2D eigenvalue weighted by Crippen LogP contribution is 2.47. The molecule has 0 amide bonds. The lowest BCUT2D eigenvalue weighted by atomic mass is 9.88. The van der Waals surface area contributed by atoms with Crippen LogP contribution in [0.15, 0.2) is 126 Å². The van der Waals surface area contributed by atoms with Crippen LogP contribution in [0.2, 0.25) is 0 Å². The Bertz CT molecular complexity index is 2810. The van der Waals surface area contributed by atoms with Gasteiger partial charge in [-0.1, -0.05) is 114 Å². The van der Waals surface area contributed by atoms with Gasteiger partial charge in [-0.3, -0.25) is 4.98 Å². The van der Waals surface area contributed by atoms with Crippen molar-refractivity contribution in [3.8, 4) is 33.8 Å². The molecule has 9 rings (SSSR count). The number of fused-ring (bicyclic) bond motifs is 8. The van der Waals surface area contributed by atoms with Crippen LogP contribution >= 0.6 is 11.3 Å². The first-order valence-electron chi connectivity index (χ1n) is 18.2. The average molecular weight is 695 g/mol. The largest absolute Gasteiger partial charge is 0.455 e. The van der Waals surface area contributed by atoms with Crippen molar-refractivity contribution in [2.75, 3.05) is 0 Å². The first-order valence-corrected chi connectivity index (χ1v) is 19.0. The summed E-state index contributed by atoms with van der Waals surface area (Å²) >= 11 is 1.84. The molecule has 0 radical (unpaired) electrons. The highest BCUT2D eigenvalue weighted by molar-refractivity contribution is 7.26. The molecule has 0 aliphatic rings. The molecule has 0 spiro atoms. The van der Waals surface area contributed by atoms with Gasteiger partial charge < -0.3 is 4.42 Å². The van der Waals surface area contributed by atoms with E-state index in [1.54, 1.807) is 0 Å². The Kier molecular flexibility index (Phi) is 7.60. The van der Waals surface area contributed by atoms with Crippen LogP contribution in [0, 0.1) is 10.8 Å². The second kappa shape index (κ2) is 12.1. The van der Waals surface area contributed by atoms with Crippen molar-refractivity contribution in [3.63, 3.8) is 0 Å². The summed E-state index contributed by atoms with van der Waals surface area (Å²) in [6.45, 7) is 13.8. The van der Waals surface area contributed by atoms with Crippen LogP contribution in [0.1, 0.15) is 52.7 Å².